The molecule has 6 heteroatoms. The molecule has 136 valence electrons. The van der Waals surface area contributed by atoms with Crippen molar-refractivity contribution in [3.05, 3.63) is 59.5 Å². The molecule has 0 bridgehead atoms. The highest BCUT2D eigenvalue weighted by atomic mass is 19.1. The van der Waals surface area contributed by atoms with Crippen LogP contribution in [0.2, 0.25) is 0 Å². The molecule has 2 aromatic rings. The number of aryl methyl sites for hydroxylation is 1. The van der Waals surface area contributed by atoms with Crippen molar-refractivity contribution in [3.8, 4) is 0 Å². The smallest absolute Gasteiger partial charge is 0.257 e. The molecule has 3 rings (SSSR count). The zero-order valence-corrected chi connectivity index (χ0v) is 15.0. The van der Waals surface area contributed by atoms with Crippen molar-refractivity contribution in [1.82, 2.24) is 0 Å². The van der Waals surface area contributed by atoms with E-state index in [2.05, 4.69) is 16.0 Å². The lowest BCUT2D eigenvalue weighted by Crippen LogP contribution is -2.21. The number of fused-ring (bicyclic) bond motifs is 1. The normalized spacial score (nSPS) is 15.5. The van der Waals surface area contributed by atoms with Crippen LogP contribution in [0.15, 0.2) is 42.6 Å². The molecule has 0 aromatic heterocycles. The molecule has 5 nitrogen and oxygen atoms in total. The van der Waals surface area contributed by atoms with E-state index in [4.69, 9.17) is 4.74 Å². The average molecular weight is 355 g/mol. The van der Waals surface area contributed by atoms with Crippen LogP contribution in [0.3, 0.4) is 0 Å². The first kappa shape index (κ1) is 17.9. The summed E-state index contributed by atoms with van der Waals surface area (Å²) in [5, 5.41) is 8.91. The zero-order chi connectivity index (χ0) is 18.7. The van der Waals surface area contributed by atoms with Crippen LogP contribution in [0.5, 0.6) is 0 Å². The molecule has 2 aromatic carbocycles. The van der Waals surface area contributed by atoms with Crippen LogP contribution in [0, 0.1) is 12.7 Å². The number of carbonyl (C=O) groups excluding carboxylic acids is 1. The van der Waals surface area contributed by atoms with E-state index in [0.29, 0.717) is 23.6 Å². The maximum Gasteiger partial charge on any atom is 0.257 e. The summed E-state index contributed by atoms with van der Waals surface area (Å²) < 4.78 is 19.3. The Bertz CT molecular complexity index is 864. The number of rotatable bonds is 6. The topological polar surface area (TPSA) is 62.4 Å². The quantitative estimate of drug-likeness (QED) is 0.686. The van der Waals surface area contributed by atoms with E-state index in [1.54, 1.807) is 25.4 Å². The van der Waals surface area contributed by atoms with Crippen LogP contribution in [-0.4, -0.2) is 25.7 Å². The summed E-state index contributed by atoms with van der Waals surface area (Å²) >= 11 is 0. The Kier molecular flexibility index (Phi) is 5.23. The fourth-order valence-electron chi connectivity index (χ4n) is 3.00. The molecule has 1 amide bonds. The summed E-state index contributed by atoms with van der Waals surface area (Å²) in [5.41, 5.74) is 4.18. The van der Waals surface area contributed by atoms with Gasteiger partial charge in [-0.3, -0.25) is 4.79 Å². The highest BCUT2D eigenvalue weighted by molar-refractivity contribution is 6.32. The number of hydrogen-bond acceptors (Lipinski definition) is 4. The summed E-state index contributed by atoms with van der Waals surface area (Å²) in [6.45, 7) is 4.35. The Morgan fingerprint density at radius 2 is 2.12 bits per heavy atom. The molecule has 26 heavy (non-hydrogen) atoms. The lowest BCUT2D eigenvalue weighted by molar-refractivity contribution is -0.110. The summed E-state index contributed by atoms with van der Waals surface area (Å²) in [6.07, 6.45) is 1.61. The molecule has 0 saturated carbocycles. The van der Waals surface area contributed by atoms with Crippen LogP contribution in [0.1, 0.15) is 18.1 Å². The monoisotopic (exact) mass is 355 g/mol. The average Bonchev–Trinajstić information content (AvgIpc) is 2.92. The minimum atomic E-state index is -0.371. The maximum atomic E-state index is 14.3. The lowest BCUT2D eigenvalue weighted by atomic mass is 10.0. The predicted molar refractivity (Wildman–Crippen MR) is 103 cm³/mol. The first-order valence-corrected chi connectivity index (χ1v) is 8.42. The van der Waals surface area contributed by atoms with E-state index >= 15 is 0 Å². The van der Waals surface area contributed by atoms with Crippen LogP contribution < -0.4 is 16.0 Å². The number of benzene rings is 2. The molecule has 1 aliphatic heterocycles. The number of nitrogens with one attached hydrogen (secondary N) is 3. The minimum Gasteiger partial charge on any atom is -0.383 e. The van der Waals surface area contributed by atoms with Gasteiger partial charge in [-0.15, -0.1) is 0 Å². The predicted octanol–water partition coefficient (Wildman–Crippen LogP) is 3.99. The summed E-state index contributed by atoms with van der Waals surface area (Å²) in [4.78, 5) is 12.2. The molecule has 0 saturated heterocycles. The molecule has 0 radical (unpaired) electrons. The van der Waals surface area contributed by atoms with Crippen LogP contribution in [0.4, 0.5) is 21.5 Å². The van der Waals surface area contributed by atoms with E-state index in [1.807, 2.05) is 32.0 Å². The summed E-state index contributed by atoms with van der Waals surface area (Å²) in [7, 11) is 1.61. The number of carbonyl (C=O) groups is 1. The van der Waals surface area contributed by atoms with Crippen molar-refractivity contribution < 1.29 is 13.9 Å². The third kappa shape index (κ3) is 3.70. The van der Waals surface area contributed by atoms with Crippen molar-refractivity contribution in [3.63, 3.8) is 0 Å². The largest absolute Gasteiger partial charge is 0.383 e. The molecule has 1 aliphatic rings. The second-order valence-electron chi connectivity index (χ2n) is 6.35. The highest BCUT2D eigenvalue weighted by Crippen LogP contribution is 2.34. The van der Waals surface area contributed by atoms with E-state index in [1.165, 1.54) is 6.07 Å². The summed E-state index contributed by atoms with van der Waals surface area (Å²) in [6, 6.07) is 10.5. The Balaban J connectivity index is 1.77. The van der Waals surface area contributed by atoms with Crippen molar-refractivity contribution in [2.24, 2.45) is 0 Å². The van der Waals surface area contributed by atoms with Crippen molar-refractivity contribution in [2.45, 2.75) is 19.9 Å². The molecule has 3 N–H and O–H groups in total. The van der Waals surface area contributed by atoms with Crippen LogP contribution >= 0.6 is 0 Å². The van der Waals surface area contributed by atoms with Gasteiger partial charge in [-0.1, -0.05) is 12.1 Å². The Morgan fingerprint density at radius 1 is 1.31 bits per heavy atom. The zero-order valence-electron chi connectivity index (χ0n) is 15.0. The number of anilines is 3. The first-order valence-electron chi connectivity index (χ1n) is 8.42. The standard InChI is InChI=1S/C20H22FN3O2/c1-12-5-4-6-18-19(12)15(20(25)24-18)10-22-14-7-8-17(16(21)9-14)23-13(2)11-26-3/h4-10,13,22-23H,11H2,1-3H3,(H,24,25). The number of amides is 1. The van der Waals surface area contributed by atoms with Gasteiger partial charge in [0, 0.05) is 36.3 Å². The lowest BCUT2D eigenvalue weighted by Gasteiger charge is -2.15. The molecular formula is C20H22FN3O2. The van der Waals surface area contributed by atoms with Crippen molar-refractivity contribution in [1.29, 1.82) is 0 Å². The van der Waals surface area contributed by atoms with Crippen LogP contribution in [-0.2, 0) is 9.53 Å². The minimum absolute atomic E-state index is 0.00270. The third-order valence-corrected chi connectivity index (χ3v) is 4.21. The fraction of sp³-hybridized carbons (Fsp3) is 0.250. The Morgan fingerprint density at radius 3 is 2.85 bits per heavy atom. The summed E-state index contributed by atoms with van der Waals surface area (Å²) in [5.74, 6) is -0.544. The number of methoxy groups -OCH3 is 1. The van der Waals surface area contributed by atoms with Gasteiger partial charge < -0.3 is 20.7 Å². The SMILES string of the molecule is COCC(C)Nc1ccc(NC=C2C(=O)Nc3cccc(C)c32)cc1F. The second kappa shape index (κ2) is 7.58. The van der Waals surface area contributed by atoms with Crippen molar-refractivity contribution >= 4 is 28.5 Å². The number of ether oxygens (including phenoxy) is 1. The van der Waals surface area contributed by atoms with Gasteiger partial charge in [0.15, 0.2) is 0 Å². The second-order valence-corrected chi connectivity index (χ2v) is 6.35. The Hall–Kier alpha value is -2.86. The van der Waals surface area contributed by atoms with Gasteiger partial charge in [-0.05, 0) is 43.7 Å². The third-order valence-electron chi connectivity index (χ3n) is 4.21. The van der Waals surface area contributed by atoms with E-state index in [-0.39, 0.29) is 17.8 Å². The first-order chi connectivity index (χ1) is 12.5. The van der Waals surface area contributed by atoms with E-state index < -0.39 is 0 Å². The fourth-order valence-corrected chi connectivity index (χ4v) is 3.00. The molecule has 0 fully saturated rings. The maximum absolute atomic E-state index is 14.3. The van der Waals surface area contributed by atoms with Gasteiger partial charge in [0.1, 0.15) is 5.82 Å². The van der Waals surface area contributed by atoms with Crippen molar-refractivity contribution in [2.75, 3.05) is 29.7 Å². The van der Waals surface area contributed by atoms with Gasteiger partial charge in [-0.2, -0.15) is 0 Å². The highest BCUT2D eigenvalue weighted by Gasteiger charge is 2.25. The van der Waals surface area contributed by atoms with Gasteiger partial charge in [-0.25, -0.2) is 4.39 Å². The van der Waals surface area contributed by atoms with Gasteiger partial charge in [0.25, 0.3) is 5.91 Å². The molecule has 0 aliphatic carbocycles. The van der Waals surface area contributed by atoms with E-state index in [0.717, 1.165) is 16.8 Å². The van der Waals surface area contributed by atoms with Crippen LogP contribution in [0.25, 0.3) is 5.57 Å². The van der Waals surface area contributed by atoms with E-state index in [9.17, 15) is 9.18 Å². The Labute approximate surface area is 152 Å². The number of hydrogen-bond donors (Lipinski definition) is 3. The van der Waals surface area contributed by atoms with Gasteiger partial charge in [0.2, 0.25) is 0 Å². The molecule has 1 unspecified atom stereocenters. The molecular weight excluding hydrogens is 333 g/mol. The van der Waals surface area contributed by atoms with Gasteiger partial charge >= 0.3 is 0 Å². The molecule has 1 heterocycles. The number of halogens is 1. The molecule has 0 spiro atoms. The molecule has 1 atom stereocenters. The van der Waals surface area contributed by atoms with Gasteiger partial charge in [0.05, 0.1) is 17.9 Å².